The van der Waals surface area contributed by atoms with E-state index < -0.39 is 6.04 Å². The van der Waals surface area contributed by atoms with Crippen molar-refractivity contribution in [3.8, 4) is 0 Å². The predicted molar refractivity (Wildman–Crippen MR) is 59.3 cm³/mol. The van der Waals surface area contributed by atoms with E-state index in [1.54, 1.807) is 4.90 Å². The van der Waals surface area contributed by atoms with Crippen LogP contribution in [0.3, 0.4) is 0 Å². The summed E-state index contributed by atoms with van der Waals surface area (Å²) in [5.74, 6) is 0.207. The van der Waals surface area contributed by atoms with E-state index >= 15 is 0 Å². The van der Waals surface area contributed by atoms with Gasteiger partial charge in [-0.2, -0.15) is 0 Å². The summed E-state index contributed by atoms with van der Waals surface area (Å²) in [4.78, 5) is 13.8. The summed E-state index contributed by atoms with van der Waals surface area (Å²) in [5, 5.41) is 9.13. The van der Waals surface area contributed by atoms with Crippen molar-refractivity contribution >= 4 is 5.91 Å². The first-order chi connectivity index (χ1) is 7.11. The minimum absolute atomic E-state index is 0.000833. The maximum absolute atomic E-state index is 12.0. The highest BCUT2D eigenvalue weighted by Crippen LogP contribution is 2.19. The number of hydrogen-bond acceptors (Lipinski definition) is 3. The number of aliphatic hydroxyl groups excluding tert-OH is 1. The molecule has 0 unspecified atom stereocenters. The van der Waals surface area contributed by atoms with Gasteiger partial charge in [0.05, 0.1) is 18.7 Å². The Morgan fingerprint density at radius 3 is 2.87 bits per heavy atom. The van der Waals surface area contributed by atoms with Gasteiger partial charge in [0.15, 0.2) is 0 Å². The minimum atomic E-state index is -0.415. The number of aliphatic hydroxyl groups is 1. The smallest absolute Gasteiger partial charge is 0.240 e. The van der Waals surface area contributed by atoms with Crippen LogP contribution in [0.25, 0.3) is 0 Å². The van der Waals surface area contributed by atoms with Crippen molar-refractivity contribution in [3.05, 3.63) is 0 Å². The van der Waals surface area contributed by atoms with E-state index in [4.69, 9.17) is 10.8 Å². The zero-order chi connectivity index (χ0) is 11.4. The Hall–Kier alpha value is -0.610. The third kappa shape index (κ3) is 2.69. The first-order valence-corrected chi connectivity index (χ1v) is 5.78. The molecule has 3 N–H and O–H groups in total. The average molecular weight is 214 g/mol. The van der Waals surface area contributed by atoms with Gasteiger partial charge in [-0.25, -0.2) is 0 Å². The molecule has 4 heteroatoms. The van der Waals surface area contributed by atoms with Gasteiger partial charge < -0.3 is 15.7 Å². The Labute approximate surface area is 91.4 Å². The van der Waals surface area contributed by atoms with Crippen LogP contribution >= 0.6 is 0 Å². The molecule has 0 bridgehead atoms. The lowest BCUT2D eigenvalue weighted by molar-refractivity contribution is -0.135. The zero-order valence-corrected chi connectivity index (χ0v) is 9.65. The molecule has 1 fully saturated rings. The highest BCUT2D eigenvalue weighted by molar-refractivity contribution is 5.82. The van der Waals surface area contributed by atoms with Gasteiger partial charge >= 0.3 is 0 Å². The molecule has 0 saturated carbocycles. The van der Waals surface area contributed by atoms with E-state index in [1.807, 2.05) is 13.8 Å². The average Bonchev–Trinajstić information content (AvgIpc) is 2.73. The number of nitrogens with two attached hydrogens (primary N) is 1. The van der Waals surface area contributed by atoms with E-state index in [2.05, 4.69) is 0 Å². The maximum Gasteiger partial charge on any atom is 0.240 e. The molecular formula is C11H22N2O2. The molecule has 1 heterocycles. The summed E-state index contributed by atoms with van der Waals surface area (Å²) in [7, 11) is 0. The number of carbonyl (C=O) groups excluding carboxylic acids is 1. The lowest BCUT2D eigenvalue weighted by Crippen LogP contribution is -2.49. The normalized spacial score (nSPS) is 25.3. The third-order valence-electron chi connectivity index (χ3n) is 3.41. The van der Waals surface area contributed by atoms with Gasteiger partial charge in [0.2, 0.25) is 5.91 Å². The molecule has 0 spiro atoms. The lowest BCUT2D eigenvalue weighted by Gasteiger charge is -2.28. The van der Waals surface area contributed by atoms with E-state index in [9.17, 15) is 4.79 Å². The SMILES string of the molecule is CC[C@H](C)[C@H](N)C(=O)N1CCC[C@@H]1CO. The van der Waals surface area contributed by atoms with Crippen LogP contribution in [-0.2, 0) is 4.79 Å². The number of amides is 1. The molecule has 15 heavy (non-hydrogen) atoms. The molecule has 0 aromatic rings. The highest BCUT2D eigenvalue weighted by atomic mass is 16.3. The van der Waals surface area contributed by atoms with Gasteiger partial charge in [-0.05, 0) is 18.8 Å². The second-order valence-electron chi connectivity index (χ2n) is 4.42. The minimum Gasteiger partial charge on any atom is -0.394 e. The maximum atomic E-state index is 12.0. The number of hydrogen-bond donors (Lipinski definition) is 2. The summed E-state index contributed by atoms with van der Waals surface area (Å²) in [6, 6.07) is -0.422. The molecule has 0 aromatic heterocycles. The van der Waals surface area contributed by atoms with E-state index in [-0.39, 0.29) is 24.5 Å². The van der Waals surface area contributed by atoms with Crippen molar-refractivity contribution < 1.29 is 9.90 Å². The molecule has 1 amide bonds. The van der Waals surface area contributed by atoms with Crippen LogP contribution in [0, 0.1) is 5.92 Å². The van der Waals surface area contributed by atoms with Crippen LogP contribution in [0.15, 0.2) is 0 Å². The van der Waals surface area contributed by atoms with Crippen molar-refractivity contribution in [3.63, 3.8) is 0 Å². The Bertz CT molecular complexity index is 221. The Morgan fingerprint density at radius 2 is 2.33 bits per heavy atom. The summed E-state index contributed by atoms with van der Waals surface area (Å²) in [5.41, 5.74) is 5.90. The van der Waals surface area contributed by atoms with E-state index in [0.29, 0.717) is 0 Å². The van der Waals surface area contributed by atoms with E-state index in [0.717, 1.165) is 25.8 Å². The first kappa shape index (κ1) is 12.5. The summed E-state index contributed by atoms with van der Waals surface area (Å²) in [6.07, 6.45) is 2.78. The van der Waals surface area contributed by atoms with Crippen LogP contribution in [0.4, 0.5) is 0 Å². The molecule has 88 valence electrons. The standard InChI is InChI=1S/C11H22N2O2/c1-3-8(2)10(12)11(15)13-6-4-5-9(13)7-14/h8-10,14H,3-7,12H2,1-2H3/t8-,9+,10-/m0/s1. The molecule has 0 aliphatic carbocycles. The van der Waals surface area contributed by atoms with Gasteiger partial charge in [0, 0.05) is 6.54 Å². The Kier molecular flexibility index (Phi) is 4.54. The van der Waals surface area contributed by atoms with Crippen molar-refractivity contribution in [2.24, 2.45) is 11.7 Å². The third-order valence-corrected chi connectivity index (χ3v) is 3.41. The summed E-state index contributed by atoms with van der Waals surface area (Å²) < 4.78 is 0. The highest BCUT2D eigenvalue weighted by Gasteiger charge is 2.32. The predicted octanol–water partition coefficient (Wildman–Crippen LogP) is 0.343. The molecule has 1 rings (SSSR count). The Balaban J connectivity index is 2.59. The zero-order valence-electron chi connectivity index (χ0n) is 9.65. The number of rotatable bonds is 4. The number of carbonyl (C=O) groups is 1. The fourth-order valence-corrected chi connectivity index (χ4v) is 2.00. The fourth-order valence-electron chi connectivity index (χ4n) is 2.00. The summed E-state index contributed by atoms with van der Waals surface area (Å²) >= 11 is 0. The van der Waals surface area contributed by atoms with Crippen LogP contribution in [0.1, 0.15) is 33.1 Å². The summed E-state index contributed by atoms with van der Waals surface area (Å²) in [6.45, 7) is 4.82. The molecule has 4 nitrogen and oxygen atoms in total. The molecule has 3 atom stereocenters. The quantitative estimate of drug-likeness (QED) is 0.709. The van der Waals surface area contributed by atoms with Crippen LogP contribution in [0.2, 0.25) is 0 Å². The van der Waals surface area contributed by atoms with Crippen molar-refractivity contribution in [2.75, 3.05) is 13.2 Å². The monoisotopic (exact) mass is 214 g/mol. The first-order valence-electron chi connectivity index (χ1n) is 5.78. The number of likely N-dealkylation sites (tertiary alicyclic amines) is 1. The second kappa shape index (κ2) is 5.47. The molecule has 1 aliphatic rings. The van der Waals surface area contributed by atoms with Crippen molar-refractivity contribution in [2.45, 2.75) is 45.2 Å². The molecular weight excluding hydrogens is 192 g/mol. The van der Waals surface area contributed by atoms with Gasteiger partial charge in [0.25, 0.3) is 0 Å². The van der Waals surface area contributed by atoms with Crippen molar-refractivity contribution in [1.82, 2.24) is 4.90 Å². The molecule has 0 radical (unpaired) electrons. The van der Waals surface area contributed by atoms with Crippen LogP contribution in [0.5, 0.6) is 0 Å². The van der Waals surface area contributed by atoms with Crippen LogP contribution < -0.4 is 5.73 Å². The molecule has 0 aromatic carbocycles. The largest absolute Gasteiger partial charge is 0.394 e. The topological polar surface area (TPSA) is 66.6 Å². The molecule has 1 saturated heterocycles. The van der Waals surface area contributed by atoms with Gasteiger partial charge in [0.1, 0.15) is 0 Å². The van der Waals surface area contributed by atoms with Crippen molar-refractivity contribution in [1.29, 1.82) is 0 Å². The van der Waals surface area contributed by atoms with Gasteiger partial charge in [-0.3, -0.25) is 4.79 Å². The van der Waals surface area contributed by atoms with Gasteiger partial charge in [-0.1, -0.05) is 20.3 Å². The fraction of sp³-hybridized carbons (Fsp3) is 0.909. The number of nitrogens with zero attached hydrogens (tertiary/aromatic N) is 1. The Morgan fingerprint density at radius 1 is 1.67 bits per heavy atom. The van der Waals surface area contributed by atoms with E-state index in [1.165, 1.54) is 0 Å². The van der Waals surface area contributed by atoms with Crippen LogP contribution in [-0.4, -0.2) is 41.1 Å². The lowest BCUT2D eigenvalue weighted by atomic mass is 9.98. The van der Waals surface area contributed by atoms with Gasteiger partial charge in [-0.15, -0.1) is 0 Å². The molecule has 1 aliphatic heterocycles. The second-order valence-corrected chi connectivity index (χ2v) is 4.42.